The summed E-state index contributed by atoms with van der Waals surface area (Å²) in [6.45, 7) is 5.02. The topological polar surface area (TPSA) is 55.8 Å². The summed E-state index contributed by atoms with van der Waals surface area (Å²) in [6, 6.07) is 5.37. The van der Waals surface area contributed by atoms with E-state index in [1.54, 1.807) is 25.3 Å². The molecule has 0 aromatic heterocycles. The zero-order chi connectivity index (χ0) is 15.0. The molecule has 1 aromatic rings. The van der Waals surface area contributed by atoms with Crippen molar-refractivity contribution in [2.45, 2.75) is 26.7 Å². The number of aliphatic carboxylic acids is 1. The number of benzene rings is 1. The van der Waals surface area contributed by atoms with Crippen LogP contribution in [-0.4, -0.2) is 24.8 Å². The zero-order valence-electron chi connectivity index (χ0n) is 12.3. The van der Waals surface area contributed by atoms with Gasteiger partial charge < -0.3 is 14.6 Å². The summed E-state index contributed by atoms with van der Waals surface area (Å²) in [5.74, 6) is 0.993. The Hall–Kier alpha value is -1.97. The predicted octanol–water partition coefficient (Wildman–Crippen LogP) is 3.61. The summed E-state index contributed by atoms with van der Waals surface area (Å²) in [7, 11) is 1.57. The molecule has 0 saturated heterocycles. The lowest BCUT2D eigenvalue weighted by Gasteiger charge is -2.12. The van der Waals surface area contributed by atoms with Gasteiger partial charge >= 0.3 is 5.97 Å². The Balaban J connectivity index is 2.65. The third-order valence-corrected chi connectivity index (χ3v) is 2.79. The Morgan fingerprint density at radius 3 is 2.70 bits per heavy atom. The first-order valence-corrected chi connectivity index (χ1v) is 6.74. The Morgan fingerprint density at radius 2 is 2.10 bits per heavy atom. The van der Waals surface area contributed by atoms with Gasteiger partial charge in [-0.05, 0) is 42.5 Å². The molecule has 0 amide bonds. The number of ether oxygens (including phenoxy) is 2. The van der Waals surface area contributed by atoms with Crippen LogP contribution < -0.4 is 9.47 Å². The van der Waals surface area contributed by atoms with Crippen molar-refractivity contribution in [3.63, 3.8) is 0 Å². The second-order valence-electron chi connectivity index (χ2n) is 4.97. The molecule has 0 heterocycles. The van der Waals surface area contributed by atoms with Crippen LogP contribution in [0.25, 0.3) is 6.08 Å². The molecule has 1 N–H and O–H groups in total. The molecule has 0 radical (unpaired) electrons. The molecular weight excluding hydrogens is 256 g/mol. The van der Waals surface area contributed by atoms with Crippen LogP contribution >= 0.6 is 0 Å². The van der Waals surface area contributed by atoms with Crippen molar-refractivity contribution in [2.24, 2.45) is 5.92 Å². The Bertz CT molecular complexity index is 464. The highest BCUT2D eigenvalue weighted by Crippen LogP contribution is 2.28. The number of hydrogen-bond donors (Lipinski definition) is 1. The number of carbonyl (C=O) groups is 1. The normalized spacial score (nSPS) is 11.0. The van der Waals surface area contributed by atoms with Crippen molar-refractivity contribution >= 4 is 12.0 Å². The minimum Gasteiger partial charge on any atom is -0.493 e. The van der Waals surface area contributed by atoms with Crippen LogP contribution in [0.4, 0.5) is 0 Å². The first-order chi connectivity index (χ1) is 9.52. The van der Waals surface area contributed by atoms with Gasteiger partial charge in [-0.1, -0.05) is 19.9 Å². The summed E-state index contributed by atoms with van der Waals surface area (Å²) in [4.78, 5) is 10.5. The Morgan fingerprint density at radius 1 is 1.35 bits per heavy atom. The van der Waals surface area contributed by atoms with Crippen LogP contribution in [0.15, 0.2) is 24.3 Å². The monoisotopic (exact) mass is 278 g/mol. The summed E-state index contributed by atoms with van der Waals surface area (Å²) in [5, 5.41) is 8.60. The fourth-order valence-corrected chi connectivity index (χ4v) is 1.75. The third kappa shape index (κ3) is 5.78. The Kier molecular flexibility index (Phi) is 6.64. The molecule has 0 bridgehead atoms. The number of hydrogen-bond acceptors (Lipinski definition) is 3. The number of carboxylic acids is 1. The van der Waals surface area contributed by atoms with Gasteiger partial charge in [-0.2, -0.15) is 0 Å². The summed E-state index contributed by atoms with van der Waals surface area (Å²) in [6.07, 6.45) is 4.74. The van der Waals surface area contributed by atoms with Crippen molar-refractivity contribution in [3.8, 4) is 11.5 Å². The summed E-state index contributed by atoms with van der Waals surface area (Å²) < 4.78 is 11.0. The number of methoxy groups -OCH3 is 1. The lowest BCUT2D eigenvalue weighted by Crippen LogP contribution is -2.01. The maximum absolute atomic E-state index is 10.5. The smallest absolute Gasteiger partial charge is 0.328 e. The van der Waals surface area contributed by atoms with E-state index in [0.717, 1.165) is 24.5 Å². The fraction of sp³-hybridized carbons (Fsp3) is 0.438. The fourth-order valence-electron chi connectivity index (χ4n) is 1.75. The lowest BCUT2D eigenvalue weighted by molar-refractivity contribution is -0.131. The number of carboxylic acid groups (broad SMARTS) is 1. The predicted molar refractivity (Wildman–Crippen MR) is 79.2 cm³/mol. The van der Waals surface area contributed by atoms with E-state index in [1.807, 2.05) is 0 Å². The van der Waals surface area contributed by atoms with Crippen LogP contribution in [-0.2, 0) is 4.79 Å². The van der Waals surface area contributed by atoms with Gasteiger partial charge in [0.2, 0.25) is 0 Å². The van der Waals surface area contributed by atoms with Gasteiger partial charge in [0.25, 0.3) is 0 Å². The highest BCUT2D eigenvalue weighted by atomic mass is 16.5. The van der Waals surface area contributed by atoms with E-state index in [1.165, 1.54) is 6.08 Å². The molecule has 0 aliphatic heterocycles. The minimum absolute atomic E-state index is 0.613. The van der Waals surface area contributed by atoms with E-state index in [-0.39, 0.29) is 0 Å². The molecule has 0 saturated carbocycles. The van der Waals surface area contributed by atoms with E-state index in [0.29, 0.717) is 24.0 Å². The maximum atomic E-state index is 10.5. The molecule has 4 nitrogen and oxygen atoms in total. The second kappa shape index (κ2) is 8.25. The van der Waals surface area contributed by atoms with E-state index in [2.05, 4.69) is 13.8 Å². The van der Waals surface area contributed by atoms with Crippen LogP contribution in [0.1, 0.15) is 32.3 Å². The maximum Gasteiger partial charge on any atom is 0.328 e. The van der Waals surface area contributed by atoms with Gasteiger partial charge in [-0.3, -0.25) is 0 Å². The van der Waals surface area contributed by atoms with Crippen molar-refractivity contribution < 1.29 is 19.4 Å². The highest BCUT2D eigenvalue weighted by molar-refractivity contribution is 5.85. The quantitative estimate of drug-likeness (QED) is 0.583. The molecule has 0 fully saturated rings. The molecule has 0 aliphatic carbocycles. The molecular formula is C16H22O4. The van der Waals surface area contributed by atoms with Crippen molar-refractivity contribution in [3.05, 3.63) is 29.8 Å². The first-order valence-electron chi connectivity index (χ1n) is 6.74. The van der Waals surface area contributed by atoms with Crippen molar-refractivity contribution in [2.75, 3.05) is 13.7 Å². The molecule has 110 valence electrons. The van der Waals surface area contributed by atoms with Gasteiger partial charge in [0, 0.05) is 6.08 Å². The minimum atomic E-state index is -0.974. The summed E-state index contributed by atoms with van der Waals surface area (Å²) in [5.41, 5.74) is 0.763. The van der Waals surface area contributed by atoms with E-state index >= 15 is 0 Å². The zero-order valence-corrected chi connectivity index (χ0v) is 12.3. The molecule has 0 spiro atoms. The molecule has 0 unspecified atom stereocenters. The molecule has 1 aromatic carbocycles. The Labute approximate surface area is 120 Å². The second-order valence-corrected chi connectivity index (χ2v) is 4.97. The average molecular weight is 278 g/mol. The first kappa shape index (κ1) is 16.1. The SMILES string of the molecule is COc1cc(/C=C/C(=O)O)ccc1OCCCC(C)C. The molecule has 4 heteroatoms. The van der Waals surface area contributed by atoms with Crippen LogP contribution in [0, 0.1) is 5.92 Å². The van der Waals surface area contributed by atoms with Crippen LogP contribution in [0.2, 0.25) is 0 Å². The molecule has 0 aliphatic rings. The van der Waals surface area contributed by atoms with Crippen LogP contribution in [0.3, 0.4) is 0 Å². The van der Waals surface area contributed by atoms with Gasteiger partial charge in [0.15, 0.2) is 11.5 Å². The molecule has 1 rings (SSSR count). The molecule has 20 heavy (non-hydrogen) atoms. The van der Waals surface area contributed by atoms with Gasteiger partial charge in [-0.25, -0.2) is 4.79 Å². The summed E-state index contributed by atoms with van der Waals surface area (Å²) >= 11 is 0. The van der Waals surface area contributed by atoms with E-state index in [9.17, 15) is 4.79 Å². The van der Waals surface area contributed by atoms with E-state index < -0.39 is 5.97 Å². The van der Waals surface area contributed by atoms with Gasteiger partial charge in [0.1, 0.15) is 0 Å². The lowest BCUT2D eigenvalue weighted by atomic mass is 10.1. The van der Waals surface area contributed by atoms with Crippen molar-refractivity contribution in [1.82, 2.24) is 0 Å². The van der Waals surface area contributed by atoms with Crippen molar-refractivity contribution in [1.29, 1.82) is 0 Å². The third-order valence-electron chi connectivity index (χ3n) is 2.79. The standard InChI is InChI=1S/C16H22O4/c1-12(2)5-4-10-20-14-8-6-13(7-9-16(17)18)11-15(14)19-3/h6-9,11-12H,4-5,10H2,1-3H3,(H,17,18)/b9-7+. The molecule has 0 atom stereocenters. The largest absolute Gasteiger partial charge is 0.493 e. The van der Waals surface area contributed by atoms with Gasteiger partial charge in [-0.15, -0.1) is 0 Å². The van der Waals surface area contributed by atoms with Crippen LogP contribution in [0.5, 0.6) is 11.5 Å². The number of rotatable bonds is 8. The van der Waals surface area contributed by atoms with E-state index in [4.69, 9.17) is 14.6 Å². The highest BCUT2D eigenvalue weighted by Gasteiger charge is 2.05. The van der Waals surface area contributed by atoms with Gasteiger partial charge in [0.05, 0.1) is 13.7 Å². The average Bonchev–Trinajstić information content (AvgIpc) is 2.41.